The molecule has 0 radical (unpaired) electrons. The van der Waals surface area contributed by atoms with Gasteiger partial charge in [0, 0.05) is 18.1 Å². The van der Waals surface area contributed by atoms with E-state index in [4.69, 9.17) is 28.4 Å². The molecule has 0 atom stereocenters. The Balaban J connectivity index is 1.93. The van der Waals surface area contributed by atoms with Crippen molar-refractivity contribution in [1.82, 2.24) is 0 Å². The number of hydrogen-bond donors (Lipinski definition) is 0. The van der Waals surface area contributed by atoms with Crippen LogP contribution in [0.15, 0.2) is 30.3 Å². The first-order valence-electron chi connectivity index (χ1n) is 8.62. The van der Waals surface area contributed by atoms with Gasteiger partial charge in [0.25, 0.3) is 0 Å². The van der Waals surface area contributed by atoms with Crippen molar-refractivity contribution >= 4 is 17.8 Å². The highest BCUT2D eigenvalue weighted by Gasteiger charge is 2.25. The van der Waals surface area contributed by atoms with Crippen molar-refractivity contribution < 1.29 is 38.0 Å². The number of rotatable bonds is 7. The quantitative estimate of drug-likeness (QED) is 0.303. The highest BCUT2D eigenvalue weighted by atomic mass is 16.7. The zero-order chi connectivity index (χ0) is 21.0. The predicted molar refractivity (Wildman–Crippen MR) is 103 cm³/mol. The Morgan fingerprint density at radius 2 is 1.72 bits per heavy atom. The number of benzene rings is 2. The summed E-state index contributed by atoms with van der Waals surface area (Å²) >= 11 is 0. The summed E-state index contributed by atoms with van der Waals surface area (Å²) in [5.41, 5.74) is 0.903. The molecule has 2 aromatic rings. The van der Waals surface area contributed by atoms with Gasteiger partial charge in [-0.1, -0.05) is 0 Å². The first-order chi connectivity index (χ1) is 14.0. The lowest BCUT2D eigenvalue weighted by Gasteiger charge is -2.13. The first-order valence-corrected chi connectivity index (χ1v) is 8.62. The van der Waals surface area contributed by atoms with Gasteiger partial charge in [-0.3, -0.25) is 9.59 Å². The molecule has 0 saturated carbocycles. The molecule has 1 aliphatic heterocycles. The molecule has 2 aromatic carbocycles. The lowest BCUT2D eigenvalue weighted by molar-refractivity contribution is -0.132. The van der Waals surface area contributed by atoms with Crippen LogP contribution in [0.1, 0.15) is 22.8 Å². The molecule has 1 aliphatic rings. The lowest BCUT2D eigenvalue weighted by Crippen LogP contribution is -2.04. The third kappa shape index (κ3) is 4.11. The standard InChI is InChI=1S/C21H20O8/c1-12(22)29-17-9-13(6-8-16(17)24-2)15(23)7-5-14-10-18-20(28-11-27-18)21(26-4)19(14)25-3/h5-10H,11H2,1-4H3/b7-5+. The fourth-order valence-corrected chi connectivity index (χ4v) is 2.86. The third-order valence-corrected chi connectivity index (χ3v) is 4.13. The molecule has 152 valence electrons. The van der Waals surface area contributed by atoms with Crippen molar-refractivity contribution in [2.45, 2.75) is 6.92 Å². The predicted octanol–water partition coefficient (Wildman–Crippen LogP) is 3.26. The molecule has 1 heterocycles. The zero-order valence-electron chi connectivity index (χ0n) is 16.4. The molecule has 0 amide bonds. The van der Waals surface area contributed by atoms with Crippen molar-refractivity contribution in [3.05, 3.63) is 41.5 Å². The molecule has 3 rings (SSSR count). The fourth-order valence-electron chi connectivity index (χ4n) is 2.86. The molecule has 0 saturated heterocycles. The van der Waals surface area contributed by atoms with Crippen LogP contribution in [0.25, 0.3) is 6.08 Å². The van der Waals surface area contributed by atoms with E-state index in [1.165, 1.54) is 40.4 Å². The molecule has 0 aliphatic carbocycles. The van der Waals surface area contributed by atoms with E-state index in [2.05, 4.69) is 0 Å². The van der Waals surface area contributed by atoms with Gasteiger partial charge in [-0.15, -0.1) is 0 Å². The van der Waals surface area contributed by atoms with Crippen LogP contribution in [0.5, 0.6) is 34.5 Å². The summed E-state index contributed by atoms with van der Waals surface area (Å²) in [7, 11) is 4.43. The zero-order valence-corrected chi connectivity index (χ0v) is 16.4. The summed E-state index contributed by atoms with van der Waals surface area (Å²) < 4.78 is 31.9. The van der Waals surface area contributed by atoms with E-state index in [1.54, 1.807) is 24.3 Å². The van der Waals surface area contributed by atoms with Gasteiger partial charge in [0.15, 0.2) is 28.8 Å². The van der Waals surface area contributed by atoms with Gasteiger partial charge < -0.3 is 28.4 Å². The van der Waals surface area contributed by atoms with E-state index in [0.29, 0.717) is 39.9 Å². The molecule has 0 bridgehead atoms. The van der Waals surface area contributed by atoms with Gasteiger partial charge in [-0.25, -0.2) is 0 Å². The number of carbonyl (C=O) groups excluding carboxylic acids is 2. The van der Waals surface area contributed by atoms with Crippen LogP contribution in [0, 0.1) is 0 Å². The number of methoxy groups -OCH3 is 3. The number of ketones is 1. The topological polar surface area (TPSA) is 89.5 Å². The summed E-state index contributed by atoms with van der Waals surface area (Å²) in [4.78, 5) is 23.9. The SMILES string of the molecule is COc1ccc(C(=O)/C=C/c2cc3c(c(OC)c2OC)OCO3)cc1OC(C)=O. The molecule has 29 heavy (non-hydrogen) atoms. The van der Waals surface area contributed by atoms with E-state index in [9.17, 15) is 9.59 Å². The van der Waals surface area contributed by atoms with Gasteiger partial charge in [0.1, 0.15) is 0 Å². The summed E-state index contributed by atoms with van der Waals surface area (Å²) in [6.07, 6.45) is 2.96. The maximum atomic E-state index is 12.6. The third-order valence-electron chi connectivity index (χ3n) is 4.13. The van der Waals surface area contributed by atoms with Crippen molar-refractivity contribution in [3.8, 4) is 34.5 Å². The van der Waals surface area contributed by atoms with Crippen molar-refractivity contribution in [3.63, 3.8) is 0 Å². The fraction of sp³-hybridized carbons (Fsp3) is 0.238. The summed E-state index contributed by atoms with van der Waals surface area (Å²) in [5, 5.41) is 0. The van der Waals surface area contributed by atoms with E-state index in [1.807, 2.05) is 0 Å². The summed E-state index contributed by atoms with van der Waals surface area (Å²) in [6.45, 7) is 1.35. The van der Waals surface area contributed by atoms with Gasteiger partial charge in [-0.05, 0) is 36.4 Å². The minimum Gasteiger partial charge on any atom is -0.493 e. The number of hydrogen-bond acceptors (Lipinski definition) is 8. The van der Waals surface area contributed by atoms with Crippen LogP contribution in [0.2, 0.25) is 0 Å². The second-order valence-electron chi connectivity index (χ2n) is 5.92. The number of esters is 1. The van der Waals surface area contributed by atoms with Crippen LogP contribution in [0.4, 0.5) is 0 Å². The minimum absolute atomic E-state index is 0.0751. The lowest BCUT2D eigenvalue weighted by atomic mass is 10.1. The van der Waals surface area contributed by atoms with Crippen molar-refractivity contribution in [2.24, 2.45) is 0 Å². The molecule has 8 heteroatoms. The van der Waals surface area contributed by atoms with E-state index >= 15 is 0 Å². The van der Waals surface area contributed by atoms with Gasteiger partial charge in [0.05, 0.1) is 21.3 Å². The average Bonchev–Trinajstić information content (AvgIpc) is 3.18. The Morgan fingerprint density at radius 1 is 0.966 bits per heavy atom. The van der Waals surface area contributed by atoms with E-state index in [0.717, 1.165) is 0 Å². The highest BCUT2D eigenvalue weighted by molar-refractivity contribution is 6.07. The molecule has 0 unspecified atom stereocenters. The minimum atomic E-state index is -0.513. The maximum Gasteiger partial charge on any atom is 0.308 e. The largest absolute Gasteiger partial charge is 0.493 e. The summed E-state index contributed by atoms with van der Waals surface area (Å²) in [6, 6.07) is 6.29. The number of fused-ring (bicyclic) bond motifs is 1. The molecular formula is C21H20O8. The normalized spacial score (nSPS) is 12.0. The van der Waals surface area contributed by atoms with Crippen molar-refractivity contribution in [2.75, 3.05) is 28.1 Å². The molecule has 0 N–H and O–H groups in total. The number of carbonyl (C=O) groups is 2. The van der Waals surface area contributed by atoms with Gasteiger partial charge in [-0.2, -0.15) is 0 Å². The van der Waals surface area contributed by atoms with Gasteiger partial charge in [0.2, 0.25) is 18.3 Å². The molecule has 8 nitrogen and oxygen atoms in total. The second kappa shape index (κ2) is 8.55. The smallest absolute Gasteiger partial charge is 0.308 e. The average molecular weight is 400 g/mol. The monoisotopic (exact) mass is 400 g/mol. The number of allylic oxidation sites excluding steroid dienone is 1. The Kier molecular flexibility index (Phi) is 5.92. The van der Waals surface area contributed by atoms with Crippen LogP contribution in [-0.2, 0) is 4.79 Å². The van der Waals surface area contributed by atoms with Gasteiger partial charge >= 0.3 is 5.97 Å². The van der Waals surface area contributed by atoms with Crippen molar-refractivity contribution in [1.29, 1.82) is 0 Å². The van der Waals surface area contributed by atoms with Crippen LogP contribution in [0.3, 0.4) is 0 Å². The molecule has 0 aromatic heterocycles. The Labute approximate surface area is 167 Å². The molecule has 0 spiro atoms. The Hall–Kier alpha value is -3.68. The second-order valence-corrected chi connectivity index (χ2v) is 5.92. The van der Waals surface area contributed by atoms with Crippen LogP contribution >= 0.6 is 0 Å². The first kappa shape index (κ1) is 20.1. The van der Waals surface area contributed by atoms with E-state index < -0.39 is 5.97 Å². The highest BCUT2D eigenvalue weighted by Crippen LogP contribution is 2.49. The maximum absolute atomic E-state index is 12.6. The Bertz CT molecular complexity index is 977. The van der Waals surface area contributed by atoms with Crippen LogP contribution in [-0.4, -0.2) is 39.9 Å². The van der Waals surface area contributed by atoms with E-state index in [-0.39, 0.29) is 18.3 Å². The molecular weight excluding hydrogens is 380 g/mol. The van der Waals surface area contributed by atoms with Crippen LogP contribution < -0.4 is 28.4 Å². The summed E-state index contributed by atoms with van der Waals surface area (Å²) in [5.74, 6) is 1.45. The molecule has 0 fully saturated rings. The Morgan fingerprint density at radius 3 is 2.38 bits per heavy atom. The number of ether oxygens (including phenoxy) is 6.